The van der Waals surface area contributed by atoms with Gasteiger partial charge in [0.15, 0.2) is 12.2 Å². The fraction of sp³-hybridized carbons (Fsp3) is 0.896. The molecule has 2 unspecified atom stereocenters. The second-order valence-electron chi connectivity index (χ2n) is 28.5. The monoisotopic (exact) mass is 1410 g/mol. The van der Waals surface area contributed by atoms with E-state index in [4.69, 9.17) is 37.0 Å². The number of allylic oxidation sites excluding steroid dienone is 4. The highest BCUT2D eigenvalue weighted by Gasteiger charge is 2.30. The molecule has 0 aliphatic carbocycles. The zero-order chi connectivity index (χ0) is 70.9. The van der Waals surface area contributed by atoms with Crippen LogP contribution in [0.15, 0.2) is 24.3 Å². The van der Waals surface area contributed by atoms with Crippen LogP contribution >= 0.6 is 15.6 Å². The van der Waals surface area contributed by atoms with E-state index in [9.17, 15) is 43.2 Å². The van der Waals surface area contributed by atoms with Gasteiger partial charge in [0, 0.05) is 25.7 Å². The third kappa shape index (κ3) is 70.0. The molecule has 0 aliphatic rings. The van der Waals surface area contributed by atoms with Crippen molar-refractivity contribution in [2.24, 2.45) is 17.8 Å². The van der Waals surface area contributed by atoms with Crippen molar-refractivity contribution in [1.29, 1.82) is 0 Å². The molecule has 5 atom stereocenters. The quantitative estimate of drug-likeness (QED) is 0.0169. The first kappa shape index (κ1) is 93.5. The Morgan fingerprint density at radius 1 is 0.323 bits per heavy atom. The largest absolute Gasteiger partial charge is 0.472 e. The maximum atomic E-state index is 13.1. The predicted octanol–water partition coefficient (Wildman–Crippen LogP) is 22.1. The molecule has 19 heteroatoms. The van der Waals surface area contributed by atoms with Gasteiger partial charge in [-0.15, -0.1) is 0 Å². The van der Waals surface area contributed by atoms with Crippen molar-refractivity contribution in [1.82, 2.24) is 0 Å². The normalized spacial score (nSPS) is 14.2. The average Bonchev–Trinajstić information content (AvgIpc) is 1.54. The molecule has 96 heavy (non-hydrogen) atoms. The second kappa shape index (κ2) is 67.1. The van der Waals surface area contributed by atoms with E-state index in [0.717, 1.165) is 121 Å². The van der Waals surface area contributed by atoms with Gasteiger partial charge < -0.3 is 33.8 Å². The van der Waals surface area contributed by atoms with E-state index >= 15 is 0 Å². The number of carbonyl (C=O) groups is 4. The Balaban J connectivity index is 5.25. The van der Waals surface area contributed by atoms with Gasteiger partial charge in [0.05, 0.1) is 26.4 Å². The van der Waals surface area contributed by atoms with E-state index in [2.05, 4.69) is 72.8 Å². The minimum atomic E-state index is -4.96. The van der Waals surface area contributed by atoms with Crippen molar-refractivity contribution in [2.75, 3.05) is 39.6 Å². The molecule has 0 amide bonds. The summed E-state index contributed by atoms with van der Waals surface area (Å²) in [5.41, 5.74) is 0. The predicted molar refractivity (Wildman–Crippen MR) is 390 cm³/mol. The molecule has 0 saturated carbocycles. The number of esters is 4. The van der Waals surface area contributed by atoms with E-state index in [1.807, 2.05) is 0 Å². The number of rotatable bonds is 73. The van der Waals surface area contributed by atoms with Crippen LogP contribution in [-0.2, 0) is 65.4 Å². The Labute approximate surface area is 586 Å². The summed E-state index contributed by atoms with van der Waals surface area (Å²) in [6, 6.07) is 0. The van der Waals surface area contributed by atoms with Crippen LogP contribution in [0.3, 0.4) is 0 Å². The fourth-order valence-electron chi connectivity index (χ4n) is 11.2. The van der Waals surface area contributed by atoms with Gasteiger partial charge in [-0.3, -0.25) is 37.3 Å². The molecule has 3 N–H and O–H groups in total. The van der Waals surface area contributed by atoms with Crippen LogP contribution in [0.25, 0.3) is 0 Å². The summed E-state index contributed by atoms with van der Waals surface area (Å²) in [6.07, 6.45) is 56.5. The standard InChI is InChI=1S/C77H146O17P2/c1-8-9-10-11-12-13-14-15-18-22-25-32-37-46-53-61-77(82)94-73(65-88-75(80)59-52-45-40-39-43-50-57-70(6)7)67-92-96(85,86)90-63-71(78)62-89-95(83,84)91-66-72(64-87-74(79)58-51-44-36-31-28-27-30-35-42-49-56-69(4)5)93-76(81)60-54-47-38-33-26-23-20-17-16-19-21-24-29-34-41-48-55-68(2)3/h13-15,18,68-73,78H,8-12,16-17,19-67H2,1-7H3,(H,83,84)(H,85,86)/b14-13-,18-15-/t71-,72-,73-/m1/s1. The molecule has 566 valence electrons. The molecule has 0 aromatic carbocycles. The lowest BCUT2D eigenvalue weighted by atomic mass is 10.0. The highest BCUT2D eigenvalue weighted by atomic mass is 31.2. The second-order valence-corrected chi connectivity index (χ2v) is 31.4. The number of phosphoric acid groups is 2. The lowest BCUT2D eigenvalue weighted by Gasteiger charge is -2.21. The lowest BCUT2D eigenvalue weighted by Crippen LogP contribution is -2.30. The molecule has 0 bridgehead atoms. The summed E-state index contributed by atoms with van der Waals surface area (Å²) in [5, 5.41) is 10.6. The smallest absolute Gasteiger partial charge is 0.462 e. The van der Waals surface area contributed by atoms with Crippen LogP contribution < -0.4 is 0 Å². The molecule has 0 aliphatic heterocycles. The van der Waals surface area contributed by atoms with Gasteiger partial charge in [0.1, 0.15) is 19.3 Å². The van der Waals surface area contributed by atoms with Gasteiger partial charge in [0.25, 0.3) is 0 Å². The summed E-state index contributed by atoms with van der Waals surface area (Å²) in [7, 11) is -9.93. The molecule has 17 nitrogen and oxygen atoms in total. The van der Waals surface area contributed by atoms with E-state index < -0.39 is 97.5 Å². The summed E-state index contributed by atoms with van der Waals surface area (Å²) in [4.78, 5) is 72.8. The number of phosphoric ester groups is 2. The molecular weight excluding hydrogens is 1260 g/mol. The van der Waals surface area contributed by atoms with E-state index in [-0.39, 0.29) is 25.7 Å². The van der Waals surface area contributed by atoms with Crippen molar-refractivity contribution in [2.45, 2.75) is 388 Å². The van der Waals surface area contributed by atoms with Crippen molar-refractivity contribution >= 4 is 39.5 Å². The summed E-state index contributed by atoms with van der Waals surface area (Å²) in [5.74, 6) is 0.0914. The van der Waals surface area contributed by atoms with Crippen LogP contribution in [0.5, 0.6) is 0 Å². The summed E-state index contributed by atoms with van der Waals surface area (Å²) >= 11 is 0. The van der Waals surface area contributed by atoms with E-state index in [0.29, 0.717) is 31.6 Å². The van der Waals surface area contributed by atoms with Gasteiger partial charge in [-0.05, 0) is 69.1 Å². The van der Waals surface area contributed by atoms with Gasteiger partial charge in [-0.2, -0.15) is 0 Å². The van der Waals surface area contributed by atoms with Crippen molar-refractivity contribution < 1.29 is 80.2 Å². The number of ether oxygens (including phenoxy) is 4. The molecule has 0 fully saturated rings. The third-order valence-corrected chi connectivity index (χ3v) is 19.2. The number of carbonyl (C=O) groups excluding carboxylic acids is 4. The Hall–Kier alpha value is -2.46. The van der Waals surface area contributed by atoms with Crippen LogP contribution in [0.2, 0.25) is 0 Å². The topological polar surface area (TPSA) is 237 Å². The summed E-state index contributed by atoms with van der Waals surface area (Å²) < 4.78 is 68.5. The van der Waals surface area contributed by atoms with Crippen LogP contribution in [0.4, 0.5) is 0 Å². The fourth-order valence-corrected chi connectivity index (χ4v) is 12.8. The first-order chi connectivity index (χ1) is 46.2. The molecule has 0 aromatic heterocycles. The Morgan fingerprint density at radius 3 is 0.844 bits per heavy atom. The SMILES string of the molecule is CCCCCC/C=C\C=C/CCCCCCCC(=O)O[C@H](COC(=O)CCCCCCCCC(C)C)COP(=O)(O)OC[C@H](O)COP(=O)(O)OC[C@@H](COC(=O)CCCCCCCCCCCCC(C)C)OC(=O)CCCCCCCCCCCCCCCCCCC(C)C. The van der Waals surface area contributed by atoms with Crippen LogP contribution in [-0.4, -0.2) is 96.7 Å². The zero-order valence-corrected chi connectivity index (χ0v) is 64.1. The highest BCUT2D eigenvalue weighted by Crippen LogP contribution is 2.45. The number of aliphatic hydroxyl groups is 1. The molecule has 0 radical (unpaired) electrons. The maximum absolute atomic E-state index is 13.1. The minimum Gasteiger partial charge on any atom is -0.462 e. The van der Waals surface area contributed by atoms with Crippen molar-refractivity contribution in [3.63, 3.8) is 0 Å². The van der Waals surface area contributed by atoms with Gasteiger partial charge in [0.2, 0.25) is 0 Å². The van der Waals surface area contributed by atoms with E-state index in [1.165, 1.54) is 161 Å². The Bertz CT molecular complexity index is 1960. The molecule has 0 aromatic rings. The zero-order valence-electron chi connectivity index (χ0n) is 62.3. The molecule has 0 heterocycles. The van der Waals surface area contributed by atoms with Gasteiger partial charge in [-0.25, -0.2) is 9.13 Å². The van der Waals surface area contributed by atoms with Crippen LogP contribution in [0, 0.1) is 17.8 Å². The van der Waals surface area contributed by atoms with Crippen molar-refractivity contribution in [3.8, 4) is 0 Å². The number of unbranched alkanes of at least 4 members (excludes halogenated alkanes) is 38. The average molecular weight is 1410 g/mol. The molecule has 0 spiro atoms. The van der Waals surface area contributed by atoms with Crippen LogP contribution in [0.1, 0.15) is 370 Å². The first-order valence-corrected chi connectivity index (χ1v) is 42.2. The highest BCUT2D eigenvalue weighted by molar-refractivity contribution is 7.47. The number of aliphatic hydroxyl groups excluding tert-OH is 1. The molecule has 0 saturated heterocycles. The molecule has 0 rings (SSSR count). The first-order valence-electron chi connectivity index (χ1n) is 39.2. The lowest BCUT2D eigenvalue weighted by molar-refractivity contribution is -0.161. The Kier molecular flexibility index (Phi) is 65.3. The maximum Gasteiger partial charge on any atom is 0.472 e. The van der Waals surface area contributed by atoms with Gasteiger partial charge >= 0.3 is 39.5 Å². The van der Waals surface area contributed by atoms with Gasteiger partial charge in [-0.1, -0.05) is 317 Å². The minimum absolute atomic E-state index is 0.0837. The molecular formula is C77H146O17P2. The number of hydrogen-bond acceptors (Lipinski definition) is 15. The Morgan fingerprint density at radius 2 is 0.562 bits per heavy atom. The number of hydrogen-bond donors (Lipinski definition) is 3. The summed E-state index contributed by atoms with van der Waals surface area (Å²) in [6.45, 7) is 11.8. The van der Waals surface area contributed by atoms with Crippen molar-refractivity contribution in [3.05, 3.63) is 24.3 Å². The third-order valence-electron chi connectivity index (χ3n) is 17.3. The van der Waals surface area contributed by atoms with E-state index in [1.54, 1.807) is 0 Å².